The van der Waals surface area contributed by atoms with Crippen LogP contribution in [0.4, 0.5) is 0 Å². The van der Waals surface area contributed by atoms with Crippen molar-refractivity contribution in [3.05, 3.63) is 53.7 Å². The molecule has 5 heteroatoms. The molecule has 0 amide bonds. The van der Waals surface area contributed by atoms with E-state index in [0.717, 1.165) is 37.6 Å². The van der Waals surface area contributed by atoms with Crippen LogP contribution in [0.1, 0.15) is 55.1 Å². The fraction of sp³-hybridized carbons (Fsp3) is 0.500. The normalized spacial score (nSPS) is 18.2. The molecule has 0 bridgehead atoms. The maximum atomic E-state index is 5.73. The Labute approximate surface area is 149 Å². The van der Waals surface area contributed by atoms with Crippen LogP contribution in [0.3, 0.4) is 0 Å². The predicted molar refractivity (Wildman–Crippen MR) is 97.5 cm³/mol. The van der Waals surface area contributed by atoms with Gasteiger partial charge in [0.25, 0.3) is 0 Å². The molecule has 25 heavy (non-hydrogen) atoms. The van der Waals surface area contributed by atoms with E-state index >= 15 is 0 Å². The average Bonchev–Trinajstić information content (AvgIpc) is 3.04. The third-order valence-corrected chi connectivity index (χ3v) is 4.62. The summed E-state index contributed by atoms with van der Waals surface area (Å²) in [6, 6.07) is 6.68. The highest BCUT2D eigenvalue weighted by molar-refractivity contribution is 5.38. The van der Waals surface area contributed by atoms with E-state index in [4.69, 9.17) is 9.26 Å². The first-order valence-corrected chi connectivity index (χ1v) is 9.11. The fourth-order valence-electron chi connectivity index (χ4n) is 3.49. The van der Waals surface area contributed by atoms with Gasteiger partial charge in [-0.15, -0.1) is 6.58 Å². The summed E-state index contributed by atoms with van der Waals surface area (Å²) >= 11 is 0. The van der Waals surface area contributed by atoms with Crippen LogP contribution >= 0.6 is 0 Å². The van der Waals surface area contributed by atoms with Crippen molar-refractivity contribution in [2.75, 3.05) is 13.2 Å². The highest BCUT2D eigenvalue weighted by atomic mass is 16.5. The van der Waals surface area contributed by atoms with Crippen molar-refractivity contribution in [2.45, 2.75) is 52.1 Å². The summed E-state index contributed by atoms with van der Waals surface area (Å²) in [6.45, 7) is 10.3. The molecule has 1 fully saturated rings. The number of hydrogen-bond acceptors (Lipinski definition) is 5. The van der Waals surface area contributed by atoms with Gasteiger partial charge >= 0.3 is 0 Å². The molecule has 0 N–H and O–H groups in total. The minimum Gasteiger partial charge on any atom is -0.494 e. The van der Waals surface area contributed by atoms with Crippen LogP contribution in [-0.4, -0.2) is 28.2 Å². The molecule has 1 aromatic heterocycles. The SMILES string of the molecule is C=CCc1cc(CN2CCCC[C@@H]2c2nc(C)no2)ccc1OCC. The highest BCUT2D eigenvalue weighted by Crippen LogP contribution is 2.32. The molecule has 0 saturated carbocycles. The maximum absolute atomic E-state index is 5.73. The Kier molecular flexibility index (Phi) is 5.87. The molecule has 3 rings (SSSR count). The molecule has 5 nitrogen and oxygen atoms in total. The van der Waals surface area contributed by atoms with Crippen molar-refractivity contribution in [1.29, 1.82) is 0 Å². The van der Waals surface area contributed by atoms with Crippen LogP contribution < -0.4 is 4.74 Å². The minimum absolute atomic E-state index is 0.212. The van der Waals surface area contributed by atoms with Gasteiger partial charge < -0.3 is 9.26 Å². The van der Waals surface area contributed by atoms with Crippen molar-refractivity contribution in [1.82, 2.24) is 15.0 Å². The summed E-state index contributed by atoms with van der Waals surface area (Å²) in [5, 5.41) is 3.96. The minimum atomic E-state index is 0.212. The smallest absolute Gasteiger partial charge is 0.243 e. The molecular weight excluding hydrogens is 314 g/mol. The summed E-state index contributed by atoms with van der Waals surface area (Å²) < 4.78 is 11.2. The third kappa shape index (κ3) is 4.28. The first-order chi connectivity index (χ1) is 12.2. The number of aryl methyl sites for hydroxylation is 1. The number of rotatable bonds is 7. The Hall–Kier alpha value is -2.14. The molecule has 1 atom stereocenters. The molecule has 0 unspecified atom stereocenters. The lowest BCUT2D eigenvalue weighted by Crippen LogP contribution is -2.33. The Bertz CT molecular complexity index is 711. The topological polar surface area (TPSA) is 51.4 Å². The molecular formula is C20H27N3O2. The predicted octanol–water partition coefficient (Wildman–Crippen LogP) is 4.23. The number of aromatic nitrogens is 2. The first-order valence-electron chi connectivity index (χ1n) is 9.11. The number of ether oxygens (including phenoxy) is 1. The zero-order valence-corrected chi connectivity index (χ0v) is 15.2. The molecule has 1 aliphatic rings. The molecule has 2 aromatic rings. The van der Waals surface area contributed by atoms with Gasteiger partial charge in [-0.25, -0.2) is 0 Å². The summed E-state index contributed by atoms with van der Waals surface area (Å²) in [4.78, 5) is 6.91. The van der Waals surface area contributed by atoms with Gasteiger partial charge in [0, 0.05) is 6.54 Å². The number of benzene rings is 1. The highest BCUT2D eigenvalue weighted by Gasteiger charge is 2.28. The van der Waals surface area contributed by atoms with Crippen molar-refractivity contribution in [3.63, 3.8) is 0 Å². The summed E-state index contributed by atoms with van der Waals surface area (Å²) in [5.41, 5.74) is 2.47. The quantitative estimate of drug-likeness (QED) is 0.705. The molecule has 1 saturated heterocycles. The molecule has 0 spiro atoms. The van der Waals surface area contributed by atoms with E-state index in [1.165, 1.54) is 24.0 Å². The lowest BCUT2D eigenvalue weighted by molar-refractivity contribution is 0.111. The number of nitrogens with zero attached hydrogens (tertiary/aromatic N) is 3. The van der Waals surface area contributed by atoms with Crippen LogP contribution in [0, 0.1) is 6.92 Å². The number of hydrogen-bond donors (Lipinski definition) is 0. The van der Waals surface area contributed by atoms with E-state index in [9.17, 15) is 0 Å². The lowest BCUT2D eigenvalue weighted by atomic mass is 10.00. The van der Waals surface area contributed by atoms with Crippen LogP contribution in [0.5, 0.6) is 5.75 Å². The number of likely N-dealkylation sites (tertiary alicyclic amines) is 1. The second kappa shape index (κ2) is 8.30. The summed E-state index contributed by atoms with van der Waals surface area (Å²) in [7, 11) is 0. The van der Waals surface area contributed by atoms with Gasteiger partial charge in [-0.2, -0.15) is 4.98 Å². The van der Waals surface area contributed by atoms with Gasteiger partial charge in [0.2, 0.25) is 5.89 Å². The Morgan fingerprint density at radius 2 is 2.28 bits per heavy atom. The van der Waals surface area contributed by atoms with Gasteiger partial charge in [-0.3, -0.25) is 4.90 Å². The van der Waals surface area contributed by atoms with Gasteiger partial charge in [-0.05, 0) is 56.8 Å². The van der Waals surface area contributed by atoms with Gasteiger partial charge in [0.15, 0.2) is 5.82 Å². The zero-order chi connectivity index (χ0) is 17.6. The van der Waals surface area contributed by atoms with Gasteiger partial charge in [-0.1, -0.05) is 29.8 Å². The largest absolute Gasteiger partial charge is 0.494 e. The molecule has 1 aromatic carbocycles. The fourth-order valence-corrected chi connectivity index (χ4v) is 3.49. The molecule has 0 aliphatic carbocycles. The number of allylic oxidation sites excluding steroid dienone is 1. The van der Waals surface area contributed by atoms with Gasteiger partial charge in [0.05, 0.1) is 12.6 Å². The van der Waals surface area contributed by atoms with E-state index < -0.39 is 0 Å². The zero-order valence-electron chi connectivity index (χ0n) is 15.2. The maximum Gasteiger partial charge on any atom is 0.243 e. The van der Waals surface area contributed by atoms with Crippen LogP contribution in [0.15, 0.2) is 35.4 Å². The Morgan fingerprint density at radius 3 is 3.00 bits per heavy atom. The molecule has 2 heterocycles. The standard InChI is InChI=1S/C20H27N3O2/c1-4-8-17-13-16(10-11-19(17)24-5-2)14-23-12-7-6-9-18(23)20-21-15(3)22-25-20/h4,10-11,13,18H,1,5-9,12,14H2,2-3H3/t18-/m1/s1. The average molecular weight is 341 g/mol. The van der Waals surface area contributed by atoms with E-state index in [-0.39, 0.29) is 6.04 Å². The van der Waals surface area contributed by atoms with Crippen LogP contribution in [0.2, 0.25) is 0 Å². The monoisotopic (exact) mass is 341 g/mol. The molecule has 134 valence electrons. The first kappa shape index (κ1) is 17.7. The Morgan fingerprint density at radius 1 is 1.40 bits per heavy atom. The van der Waals surface area contributed by atoms with E-state index in [1.807, 2.05) is 19.9 Å². The summed E-state index contributed by atoms with van der Waals surface area (Å²) in [5.74, 6) is 2.40. The van der Waals surface area contributed by atoms with Crippen LogP contribution in [-0.2, 0) is 13.0 Å². The second-order valence-corrected chi connectivity index (χ2v) is 6.53. The summed E-state index contributed by atoms with van der Waals surface area (Å²) in [6.07, 6.45) is 6.22. The number of piperidine rings is 1. The Balaban J connectivity index is 1.79. The van der Waals surface area contributed by atoms with Crippen molar-refractivity contribution in [3.8, 4) is 5.75 Å². The van der Waals surface area contributed by atoms with Gasteiger partial charge in [0.1, 0.15) is 5.75 Å². The van der Waals surface area contributed by atoms with E-state index in [0.29, 0.717) is 12.4 Å². The molecule has 1 aliphatic heterocycles. The third-order valence-electron chi connectivity index (χ3n) is 4.62. The van der Waals surface area contributed by atoms with Crippen LogP contribution in [0.25, 0.3) is 0 Å². The van der Waals surface area contributed by atoms with Crippen molar-refractivity contribution in [2.24, 2.45) is 0 Å². The second-order valence-electron chi connectivity index (χ2n) is 6.53. The van der Waals surface area contributed by atoms with E-state index in [1.54, 1.807) is 0 Å². The van der Waals surface area contributed by atoms with Crippen molar-refractivity contribution < 1.29 is 9.26 Å². The van der Waals surface area contributed by atoms with E-state index in [2.05, 4.69) is 39.8 Å². The lowest BCUT2D eigenvalue weighted by Gasteiger charge is -2.33. The molecule has 0 radical (unpaired) electrons. The van der Waals surface area contributed by atoms with Crippen molar-refractivity contribution >= 4 is 0 Å².